The first-order valence-electron chi connectivity index (χ1n) is 11.7. The Morgan fingerprint density at radius 2 is 1.42 bits per heavy atom. The minimum absolute atomic E-state index is 0.00758. The molecule has 6 N–H and O–H groups in total. The highest BCUT2D eigenvalue weighted by molar-refractivity contribution is 9.10. The maximum atomic E-state index is 11.2. The molecule has 0 unspecified atom stereocenters. The average Bonchev–Trinajstić information content (AvgIpc) is 2.86. The Morgan fingerprint density at radius 1 is 0.947 bits per heavy atom. The zero-order valence-electron chi connectivity index (χ0n) is 21.6. The average molecular weight is 662 g/mol. The number of aliphatic hydroxyl groups excluding tert-OH is 2. The van der Waals surface area contributed by atoms with Gasteiger partial charge in [-0.25, -0.2) is 19.6 Å². The van der Waals surface area contributed by atoms with Gasteiger partial charge in [-0.3, -0.25) is 11.2 Å². The van der Waals surface area contributed by atoms with E-state index in [4.69, 9.17) is 10.6 Å². The van der Waals surface area contributed by atoms with E-state index in [1.807, 2.05) is 48.5 Å². The molecule has 0 spiro atoms. The molecule has 0 saturated carbocycles. The summed E-state index contributed by atoms with van der Waals surface area (Å²) in [5.74, 6) is 4.37. The Bertz CT molecular complexity index is 971. The number of hydrazine groups is 2. The summed E-state index contributed by atoms with van der Waals surface area (Å²) >= 11 is 6.69. The number of ether oxygens (including phenoxy) is 2. The lowest BCUT2D eigenvalue weighted by Crippen LogP contribution is -2.50. The lowest BCUT2D eigenvalue weighted by Gasteiger charge is -2.25. The van der Waals surface area contributed by atoms with Crippen LogP contribution in [0.3, 0.4) is 0 Å². The number of hydrogen-bond donors (Lipinski definition) is 5. The molecule has 14 heteroatoms. The normalized spacial score (nSPS) is 12.4. The van der Waals surface area contributed by atoms with Crippen molar-refractivity contribution in [3.63, 3.8) is 0 Å². The van der Waals surface area contributed by atoms with E-state index in [0.717, 1.165) is 20.1 Å². The van der Waals surface area contributed by atoms with Crippen molar-refractivity contribution in [1.29, 1.82) is 0 Å². The molecule has 2 aromatic carbocycles. The fourth-order valence-electron chi connectivity index (χ4n) is 3.08. The van der Waals surface area contributed by atoms with Gasteiger partial charge >= 0.3 is 19.0 Å². The molecule has 0 amide bonds. The third kappa shape index (κ3) is 14.3. The van der Waals surface area contributed by atoms with E-state index in [-0.39, 0.29) is 19.7 Å². The number of halogens is 2. The Labute approximate surface area is 240 Å². The first-order chi connectivity index (χ1) is 17.9. The molecule has 2 atom stereocenters. The lowest BCUT2D eigenvalue weighted by atomic mass is 9.91. The summed E-state index contributed by atoms with van der Waals surface area (Å²) in [5.41, 5.74) is 1.97. The van der Waals surface area contributed by atoms with Gasteiger partial charge in [0.25, 0.3) is 0 Å². The van der Waals surface area contributed by atoms with Crippen molar-refractivity contribution >= 4 is 50.8 Å². The molecule has 0 saturated heterocycles. The monoisotopic (exact) mass is 660 g/mol. The van der Waals surface area contributed by atoms with Crippen LogP contribution in [0, 0.1) is 0 Å². The second kappa shape index (κ2) is 18.4. The van der Waals surface area contributed by atoms with E-state index in [1.54, 1.807) is 18.8 Å². The van der Waals surface area contributed by atoms with E-state index in [2.05, 4.69) is 41.9 Å². The van der Waals surface area contributed by atoms with Crippen LogP contribution in [-0.4, -0.2) is 83.3 Å². The lowest BCUT2D eigenvalue weighted by molar-refractivity contribution is -0.154. The Morgan fingerprint density at radius 3 is 1.87 bits per heavy atom. The highest BCUT2D eigenvalue weighted by Crippen LogP contribution is 2.13. The summed E-state index contributed by atoms with van der Waals surface area (Å²) in [6.45, 7) is 4.40. The fourth-order valence-corrected chi connectivity index (χ4v) is 3.61. The van der Waals surface area contributed by atoms with Gasteiger partial charge in [-0.1, -0.05) is 56.1 Å². The van der Waals surface area contributed by atoms with E-state index >= 15 is 0 Å². The van der Waals surface area contributed by atoms with E-state index < -0.39 is 31.2 Å². The van der Waals surface area contributed by atoms with Crippen molar-refractivity contribution in [2.75, 3.05) is 26.8 Å². The van der Waals surface area contributed by atoms with E-state index in [1.165, 1.54) is 12.1 Å². The number of aliphatic hydroxyl groups is 2. The van der Waals surface area contributed by atoms with E-state index in [0.29, 0.717) is 13.1 Å². The highest BCUT2D eigenvalue weighted by atomic mass is 79.9. The summed E-state index contributed by atoms with van der Waals surface area (Å²) in [7, 11) is 0.419. The molecule has 2 rings (SSSR count). The standard InChI is InChI=1S/C12H18BBrN2O4.C12H17BrN2O3/c1-13(19)15-16(8-11(17)12(18)20-2)7-9-3-5-10(14)6-4-9;1-2-18-12(17)11(16)8-15(14)7-9-3-5-10(13)6-4-9/h3-6,11,15,17,19H,7-8H2,1-2H3;3-6,11,16H,2,7-8,14H2,1H3/t2*11-/m11/s1. The van der Waals surface area contributed by atoms with Crippen molar-refractivity contribution in [3.05, 3.63) is 68.6 Å². The van der Waals surface area contributed by atoms with Crippen LogP contribution in [-0.2, 0) is 32.2 Å². The van der Waals surface area contributed by atoms with Gasteiger partial charge in [-0.15, -0.1) is 0 Å². The molecule has 0 heterocycles. The summed E-state index contributed by atoms with van der Waals surface area (Å²) in [4.78, 5) is 22.4. The molecule has 38 heavy (non-hydrogen) atoms. The molecule has 0 radical (unpaired) electrons. The number of benzene rings is 2. The molecule has 0 fully saturated rings. The van der Waals surface area contributed by atoms with Crippen LogP contribution >= 0.6 is 31.9 Å². The van der Waals surface area contributed by atoms with Crippen molar-refractivity contribution in [2.45, 2.75) is 39.0 Å². The number of nitrogens with zero attached hydrogens (tertiary/aromatic N) is 2. The highest BCUT2D eigenvalue weighted by Gasteiger charge is 2.21. The first kappa shape index (κ1) is 34.2. The molecule has 0 aromatic heterocycles. The summed E-state index contributed by atoms with van der Waals surface area (Å²) in [6, 6.07) is 15.3. The molecule has 2 aromatic rings. The molecule has 0 aliphatic carbocycles. The zero-order valence-corrected chi connectivity index (χ0v) is 24.8. The minimum atomic E-state index is -1.28. The van der Waals surface area contributed by atoms with Gasteiger partial charge in [0.1, 0.15) is 0 Å². The second-order valence-corrected chi connectivity index (χ2v) is 10.0. The van der Waals surface area contributed by atoms with Crippen LogP contribution in [0.1, 0.15) is 18.1 Å². The van der Waals surface area contributed by atoms with Crippen molar-refractivity contribution in [3.8, 4) is 0 Å². The van der Waals surface area contributed by atoms with Crippen LogP contribution in [0.2, 0.25) is 6.82 Å². The van der Waals surface area contributed by atoms with Gasteiger partial charge in [0.2, 0.25) is 0 Å². The first-order valence-corrected chi connectivity index (χ1v) is 13.3. The van der Waals surface area contributed by atoms with Crippen LogP contribution in [0.25, 0.3) is 0 Å². The second-order valence-electron chi connectivity index (χ2n) is 8.17. The van der Waals surface area contributed by atoms with Crippen LogP contribution in [0.4, 0.5) is 0 Å². The smallest absolute Gasteiger partial charge is 0.388 e. The number of hydrogen-bond acceptors (Lipinski definition) is 11. The van der Waals surface area contributed by atoms with Crippen LogP contribution in [0.15, 0.2) is 57.5 Å². The third-order valence-electron chi connectivity index (χ3n) is 4.79. The van der Waals surface area contributed by atoms with Crippen molar-refractivity contribution < 1.29 is 34.3 Å². The van der Waals surface area contributed by atoms with Crippen molar-refractivity contribution in [1.82, 2.24) is 15.4 Å². The summed E-state index contributed by atoms with van der Waals surface area (Å²) in [6.07, 6.45) is -2.49. The summed E-state index contributed by atoms with van der Waals surface area (Å²) in [5, 5.41) is 34.3. The quantitative estimate of drug-likeness (QED) is 0.0916. The molecular weight excluding hydrogens is 627 g/mol. The van der Waals surface area contributed by atoms with Crippen LogP contribution in [0.5, 0.6) is 0 Å². The molecule has 11 nitrogen and oxygen atoms in total. The number of carbonyl (C=O) groups is 2. The van der Waals surface area contributed by atoms with Gasteiger partial charge < -0.3 is 24.7 Å². The van der Waals surface area contributed by atoms with Gasteiger partial charge in [-0.2, -0.15) is 0 Å². The number of methoxy groups -OCH3 is 1. The van der Waals surface area contributed by atoms with Gasteiger partial charge in [0.05, 0.1) is 20.3 Å². The zero-order chi connectivity index (χ0) is 28.7. The maximum Gasteiger partial charge on any atom is 0.388 e. The Balaban J connectivity index is 0.000000382. The number of carbonyl (C=O) groups excluding carboxylic acids is 2. The van der Waals surface area contributed by atoms with Gasteiger partial charge in [0, 0.05) is 28.6 Å². The van der Waals surface area contributed by atoms with Gasteiger partial charge in [-0.05, 0) is 49.1 Å². The molecule has 0 aliphatic heterocycles. The minimum Gasteiger partial charge on any atom is -0.467 e. The van der Waals surface area contributed by atoms with Crippen molar-refractivity contribution in [2.24, 2.45) is 5.84 Å². The SMILES string of the molecule is CCOC(=O)[C@H](O)CN(N)Cc1ccc(Br)cc1.COC(=O)[C@H](O)CN(Cc1ccc(Br)cc1)NB(C)O. The Kier molecular flexibility index (Phi) is 16.6. The molecular formula is C24H35BBr2N4O7. The largest absolute Gasteiger partial charge is 0.467 e. The van der Waals surface area contributed by atoms with Crippen LogP contribution < -0.4 is 11.2 Å². The third-order valence-corrected chi connectivity index (χ3v) is 5.85. The molecule has 0 bridgehead atoms. The molecule has 0 aliphatic rings. The molecule has 210 valence electrons. The van der Waals surface area contributed by atoms with E-state index in [9.17, 15) is 24.8 Å². The predicted octanol–water partition coefficient (Wildman–Crippen LogP) is 1.45. The number of esters is 2. The topological polar surface area (TPSA) is 158 Å². The number of nitrogens with two attached hydrogens (primary N) is 1. The van der Waals surface area contributed by atoms with Gasteiger partial charge in [0.15, 0.2) is 12.2 Å². The number of nitrogens with one attached hydrogen (secondary N) is 1. The fraction of sp³-hybridized carbons (Fsp3) is 0.417. The summed E-state index contributed by atoms with van der Waals surface area (Å²) < 4.78 is 11.1. The number of rotatable bonds is 13. The Hall–Kier alpha value is -1.88. The maximum absolute atomic E-state index is 11.2. The predicted molar refractivity (Wildman–Crippen MR) is 151 cm³/mol.